The third-order valence-corrected chi connectivity index (χ3v) is 4.02. The van der Waals surface area contributed by atoms with Gasteiger partial charge < -0.3 is 24.9 Å². The molecule has 1 aromatic carbocycles. The van der Waals surface area contributed by atoms with Crippen LogP contribution in [0.4, 0.5) is 23.7 Å². The molecule has 8 nitrogen and oxygen atoms in total. The highest BCUT2D eigenvalue weighted by molar-refractivity contribution is 6.30. The molecule has 0 aliphatic heterocycles. The van der Waals surface area contributed by atoms with Gasteiger partial charge in [-0.2, -0.15) is 13.2 Å². The van der Waals surface area contributed by atoms with Gasteiger partial charge in [-0.15, -0.1) is 0 Å². The minimum Gasteiger partial charge on any atom is -0.475 e. The van der Waals surface area contributed by atoms with Gasteiger partial charge >= 0.3 is 18.1 Å². The minimum atomic E-state index is -4.79. The second-order valence-electron chi connectivity index (χ2n) is 6.06. The minimum absolute atomic E-state index is 0.0757. The number of carbonyl (C=O) groups is 1. The molecule has 2 amide bonds. The lowest BCUT2D eigenvalue weighted by Crippen LogP contribution is -2.28. The molecule has 0 atom stereocenters. The van der Waals surface area contributed by atoms with Gasteiger partial charge in [0.1, 0.15) is 12.3 Å². The first kappa shape index (κ1) is 22.4. The summed E-state index contributed by atoms with van der Waals surface area (Å²) in [5.41, 5.74) is 0.547. The van der Waals surface area contributed by atoms with Crippen molar-refractivity contribution in [2.75, 3.05) is 18.5 Å². The van der Waals surface area contributed by atoms with Crippen LogP contribution in [0, 0.1) is 0 Å². The van der Waals surface area contributed by atoms with Crippen molar-refractivity contribution in [1.82, 2.24) is 15.3 Å². The van der Waals surface area contributed by atoms with Crippen LogP contribution < -0.4 is 15.4 Å². The molecule has 0 unspecified atom stereocenters. The number of amides is 2. The third-order valence-electron chi connectivity index (χ3n) is 3.78. The molecule has 0 aliphatic rings. The average Bonchev–Trinajstić information content (AvgIpc) is 3.17. The first-order valence-corrected chi connectivity index (χ1v) is 9.21. The summed E-state index contributed by atoms with van der Waals surface area (Å²) in [7, 11) is 0. The van der Waals surface area contributed by atoms with E-state index in [2.05, 4.69) is 20.6 Å². The van der Waals surface area contributed by atoms with Crippen molar-refractivity contribution in [1.29, 1.82) is 0 Å². The standard InChI is InChI=1S/C19H16ClF3N4O4/c20-12-3-1-2-11(8-12)16-14(31-17(27-16)19(21,22)23)10-25-18(29)26-13-4-5-15(24-9-13)30-7-6-28/h1-5,8-9,28H,6-7,10H2,(H2,25,26,29). The number of benzene rings is 1. The number of hydrogen-bond acceptors (Lipinski definition) is 6. The summed E-state index contributed by atoms with van der Waals surface area (Å²) in [6, 6.07) is 8.38. The normalized spacial score (nSPS) is 11.3. The Kier molecular flexibility index (Phi) is 6.98. The number of pyridine rings is 1. The molecule has 0 saturated carbocycles. The van der Waals surface area contributed by atoms with Gasteiger partial charge in [0.05, 0.1) is 25.0 Å². The van der Waals surface area contributed by atoms with Crippen molar-refractivity contribution in [3.8, 4) is 17.1 Å². The van der Waals surface area contributed by atoms with Gasteiger partial charge in [-0.05, 0) is 18.2 Å². The van der Waals surface area contributed by atoms with Gasteiger partial charge in [-0.1, -0.05) is 23.7 Å². The van der Waals surface area contributed by atoms with Crippen molar-refractivity contribution >= 4 is 23.3 Å². The number of carbonyl (C=O) groups excluding carboxylic acids is 1. The molecule has 3 N–H and O–H groups in total. The number of urea groups is 1. The fraction of sp³-hybridized carbons (Fsp3) is 0.211. The van der Waals surface area contributed by atoms with Crippen LogP contribution in [0.15, 0.2) is 47.0 Å². The molecule has 2 heterocycles. The second kappa shape index (κ2) is 9.67. The second-order valence-corrected chi connectivity index (χ2v) is 6.50. The van der Waals surface area contributed by atoms with E-state index in [0.717, 1.165) is 0 Å². The predicted octanol–water partition coefficient (Wildman–Crippen LogP) is 4.10. The summed E-state index contributed by atoms with van der Waals surface area (Å²) in [4.78, 5) is 19.6. The lowest BCUT2D eigenvalue weighted by molar-refractivity contribution is -0.157. The summed E-state index contributed by atoms with van der Waals surface area (Å²) in [6.45, 7) is -0.451. The first-order chi connectivity index (χ1) is 14.8. The van der Waals surface area contributed by atoms with Gasteiger partial charge in [-0.25, -0.2) is 14.8 Å². The Morgan fingerprint density at radius 3 is 2.71 bits per heavy atom. The lowest BCUT2D eigenvalue weighted by atomic mass is 10.1. The van der Waals surface area contributed by atoms with E-state index in [1.54, 1.807) is 12.1 Å². The zero-order chi connectivity index (χ0) is 22.4. The molecule has 3 rings (SSSR count). The van der Waals surface area contributed by atoms with Crippen LogP contribution in [-0.2, 0) is 12.7 Å². The Morgan fingerprint density at radius 1 is 1.26 bits per heavy atom. The number of nitrogens with zero attached hydrogens (tertiary/aromatic N) is 2. The number of ether oxygens (including phenoxy) is 1. The van der Waals surface area contributed by atoms with Crippen molar-refractivity contribution in [2.24, 2.45) is 0 Å². The number of alkyl halides is 3. The summed E-state index contributed by atoms with van der Waals surface area (Å²) in [6.07, 6.45) is -3.47. The maximum absolute atomic E-state index is 13.1. The molecule has 12 heteroatoms. The van der Waals surface area contributed by atoms with E-state index in [4.69, 9.17) is 25.9 Å². The van der Waals surface area contributed by atoms with E-state index in [-0.39, 0.29) is 37.1 Å². The van der Waals surface area contributed by atoms with Crippen molar-refractivity contribution in [3.05, 3.63) is 59.3 Å². The number of aliphatic hydroxyl groups excluding tert-OH is 1. The largest absolute Gasteiger partial charge is 0.475 e. The summed E-state index contributed by atoms with van der Waals surface area (Å²) in [5.74, 6) is -1.36. The number of aromatic nitrogens is 2. The number of rotatable bonds is 7. The number of halogens is 4. The van der Waals surface area contributed by atoms with Crippen molar-refractivity contribution in [3.63, 3.8) is 0 Å². The molecule has 0 fully saturated rings. The zero-order valence-corrected chi connectivity index (χ0v) is 16.5. The van der Waals surface area contributed by atoms with E-state index in [0.29, 0.717) is 16.3 Å². The molecule has 0 spiro atoms. The smallest absolute Gasteiger partial charge is 0.468 e. The molecular formula is C19H16ClF3N4O4. The maximum Gasteiger partial charge on any atom is 0.468 e. The van der Waals surface area contributed by atoms with Crippen LogP contribution in [0.1, 0.15) is 11.7 Å². The molecular weight excluding hydrogens is 441 g/mol. The van der Waals surface area contributed by atoms with Gasteiger partial charge in [-0.3, -0.25) is 0 Å². The molecule has 164 valence electrons. The number of aliphatic hydroxyl groups is 1. The van der Waals surface area contributed by atoms with Crippen LogP contribution in [0.25, 0.3) is 11.3 Å². The van der Waals surface area contributed by atoms with Crippen molar-refractivity contribution < 1.29 is 32.2 Å². The topological polar surface area (TPSA) is 110 Å². The highest BCUT2D eigenvalue weighted by Crippen LogP contribution is 2.34. The molecule has 31 heavy (non-hydrogen) atoms. The fourth-order valence-electron chi connectivity index (χ4n) is 2.48. The quantitative estimate of drug-likeness (QED) is 0.494. The lowest BCUT2D eigenvalue weighted by Gasteiger charge is -2.08. The summed E-state index contributed by atoms with van der Waals surface area (Å²) in [5, 5.41) is 13.9. The zero-order valence-electron chi connectivity index (χ0n) is 15.7. The predicted molar refractivity (Wildman–Crippen MR) is 105 cm³/mol. The van der Waals surface area contributed by atoms with Crippen molar-refractivity contribution in [2.45, 2.75) is 12.7 Å². The summed E-state index contributed by atoms with van der Waals surface area (Å²) >= 11 is 5.91. The molecule has 0 aliphatic carbocycles. The van der Waals surface area contributed by atoms with E-state index < -0.39 is 18.1 Å². The van der Waals surface area contributed by atoms with Gasteiger partial charge in [0.2, 0.25) is 5.88 Å². The van der Waals surface area contributed by atoms with Crippen LogP contribution in [0.5, 0.6) is 5.88 Å². The van der Waals surface area contributed by atoms with Crippen LogP contribution in [-0.4, -0.2) is 34.3 Å². The molecule has 0 saturated heterocycles. The monoisotopic (exact) mass is 456 g/mol. The molecule has 3 aromatic rings. The molecule has 2 aromatic heterocycles. The average molecular weight is 457 g/mol. The van der Waals surface area contributed by atoms with Crippen LogP contribution >= 0.6 is 11.6 Å². The van der Waals surface area contributed by atoms with E-state index in [1.807, 2.05) is 0 Å². The highest BCUT2D eigenvalue weighted by Gasteiger charge is 2.38. The number of nitrogens with one attached hydrogen (secondary N) is 2. The third kappa shape index (κ3) is 6.09. The Hall–Kier alpha value is -3.31. The van der Waals surface area contributed by atoms with E-state index in [9.17, 15) is 18.0 Å². The maximum atomic E-state index is 13.1. The Bertz CT molecular complexity index is 1040. The van der Waals surface area contributed by atoms with E-state index in [1.165, 1.54) is 30.5 Å². The number of anilines is 1. The van der Waals surface area contributed by atoms with Gasteiger partial charge in [0.25, 0.3) is 0 Å². The Labute approximate surface area is 179 Å². The van der Waals surface area contributed by atoms with Gasteiger partial charge in [0.15, 0.2) is 5.76 Å². The van der Waals surface area contributed by atoms with E-state index >= 15 is 0 Å². The van der Waals surface area contributed by atoms with Crippen LogP contribution in [0.3, 0.4) is 0 Å². The summed E-state index contributed by atoms with van der Waals surface area (Å²) < 4.78 is 49.1. The highest BCUT2D eigenvalue weighted by atomic mass is 35.5. The Morgan fingerprint density at radius 2 is 2.06 bits per heavy atom. The number of oxazole rings is 1. The fourth-order valence-corrected chi connectivity index (χ4v) is 2.67. The van der Waals surface area contributed by atoms with Gasteiger partial charge in [0, 0.05) is 16.7 Å². The number of hydrogen-bond donors (Lipinski definition) is 3. The SMILES string of the molecule is O=C(NCc1oc(C(F)(F)F)nc1-c1cccc(Cl)c1)Nc1ccc(OCCO)nc1. The first-order valence-electron chi connectivity index (χ1n) is 8.83. The molecule has 0 radical (unpaired) electrons. The van der Waals surface area contributed by atoms with Crippen LogP contribution in [0.2, 0.25) is 5.02 Å². The molecule has 0 bridgehead atoms. The Balaban J connectivity index is 1.70.